The number of para-hydroxylation sites is 2. The van der Waals surface area contributed by atoms with Gasteiger partial charge in [0.05, 0.1) is 10.9 Å². The van der Waals surface area contributed by atoms with Crippen LogP contribution in [0.15, 0.2) is 47.6 Å². The van der Waals surface area contributed by atoms with Crippen molar-refractivity contribution in [3.05, 3.63) is 65.0 Å². The average Bonchev–Trinajstić information content (AvgIpc) is 2.99. The van der Waals surface area contributed by atoms with Crippen LogP contribution >= 0.6 is 11.8 Å². The van der Waals surface area contributed by atoms with Gasteiger partial charge in [0.1, 0.15) is 5.82 Å². The van der Waals surface area contributed by atoms with Gasteiger partial charge in [0.15, 0.2) is 5.16 Å². The molecule has 1 aromatic heterocycles. The summed E-state index contributed by atoms with van der Waals surface area (Å²) in [6.45, 7) is 9.86. The van der Waals surface area contributed by atoms with Gasteiger partial charge in [0.25, 0.3) is 0 Å². The first-order valence-corrected chi connectivity index (χ1v) is 9.78. The molecule has 0 saturated heterocycles. The van der Waals surface area contributed by atoms with Crippen LogP contribution in [0.25, 0.3) is 5.69 Å². The summed E-state index contributed by atoms with van der Waals surface area (Å²) in [5, 5.41) is 12.0. The van der Waals surface area contributed by atoms with Crippen molar-refractivity contribution < 1.29 is 4.79 Å². The largest absolute Gasteiger partial charge is 0.325 e. The van der Waals surface area contributed by atoms with E-state index in [9.17, 15) is 4.79 Å². The molecule has 3 rings (SSSR count). The van der Waals surface area contributed by atoms with Crippen molar-refractivity contribution in [2.45, 2.75) is 45.0 Å². The zero-order chi connectivity index (χ0) is 19.6. The highest BCUT2D eigenvalue weighted by Gasteiger charge is 2.21. The third-order valence-corrected chi connectivity index (χ3v) is 5.57. The summed E-state index contributed by atoms with van der Waals surface area (Å²) in [6.07, 6.45) is 0. The second-order valence-corrected chi connectivity index (χ2v) is 7.98. The second-order valence-electron chi connectivity index (χ2n) is 6.67. The molecule has 6 heteroatoms. The topological polar surface area (TPSA) is 59.8 Å². The Morgan fingerprint density at radius 1 is 0.963 bits per heavy atom. The molecule has 140 valence electrons. The van der Waals surface area contributed by atoms with Gasteiger partial charge in [-0.1, -0.05) is 48.2 Å². The molecule has 1 N–H and O–H groups in total. The highest BCUT2D eigenvalue weighted by atomic mass is 32.2. The van der Waals surface area contributed by atoms with Gasteiger partial charge in [0, 0.05) is 5.69 Å². The molecular weight excluding hydrogens is 356 g/mol. The normalized spacial score (nSPS) is 12.0. The first-order valence-electron chi connectivity index (χ1n) is 8.90. The van der Waals surface area contributed by atoms with E-state index in [4.69, 9.17) is 0 Å². The van der Waals surface area contributed by atoms with Crippen LogP contribution < -0.4 is 5.32 Å². The molecule has 1 heterocycles. The Balaban J connectivity index is 1.82. The van der Waals surface area contributed by atoms with E-state index < -0.39 is 0 Å². The van der Waals surface area contributed by atoms with Crippen molar-refractivity contribution in [2.24, 2.45) is 0 Å². The Hall–Kier alpha value is -2.60. The predicted molar refractivity (Wildman–Crippen MR) is 111 cm³/mol. The van der Waals surface area contributed by atoms with E-state index in [1.165, 1.54) is 11.8 Å². The minimum Gasteiger partial charge on any atom is -0.325 e. The first kappa shape index (κ1) is 19.2. The van der Waals surface area contributed by atoms with Crippen LogP contribution in [0.1, 0.15) is 29.4 Å². The number of nitrogens with one attached hydrogen (secondary N) is 1. The van der Waals surface area contributed by atoms with Crippen molar-refractivity contribution in [1.29, 1.82) is 0 Å². The van der Waals surface area contributed by atoms with Gasteiger partial charge in [-0.25, -0.2) is 0 Å². The lowest BCUT2D eigenvalue weighted by Crippen LogP contribution is -2.24. The lowest BCUT2D eigenvalue weighted by Gasteiger charge is -2.16. The number of rotatable bonds is 5. The Morgan fingerprint density at radius 3 is 2.26 bits per heavy atom. The molecule has 27 heavy (non-hydrogen) atoms. The quantitative estimate of drug-likeness (QED) is 0.656. The van der Waals surface area contributed by atoms with E-state index in [1.807, 2.05) is 68.7 Å². The highest BCUT2D eigenvalue weighted by Crippen LogP contribution is 2.28. The molecule has 2 aromatic carbocycles. The summed E-state index contributed by atoms with van der Waals surface area (Å²) in [5.74, 6) is 0.753. The molecule has 0 radical (unpaired) electrons. The Bertz CT molecular complexity index is 960. The Morgan fingerprint density at radius 2 is 1.59 bits per heavy atom. The van der Waals surface area contributed by atoms with Crippen LogP contribution in [-0.4, -0.2) is 25.9 Å². The van der Waals surface area contributed by atoms with E-state index in [-0.39, 0.29) is 11.2 Å². The number of hydrogen-bond donors (Lipinski definition) is 1. The summed E-state index contributed by atoms with van der Waals surface area (Å²) >= 11 is 1.41. The molecule has 1 unspecified atom stereocenters. The van der Waals surface area contributed by atoms with Crippen molar-refractivity contribution in [3.8, 4) is 5.69 Å². The van der Waals surface area contributed by atoms with Gasteiger partial charge in [-0.3, -0.25) is 9.36 Å². The molecule has 3 aromatic rings. The van der Waals surface area contributed by atoms with Crippen molar-refractivity contribution in [1.82, 2.24) is 14.8 Å². The van der Waals surface area contributed by atoms with E-state index in [0.717, 1.165) is 33.9 Å². The fourth-order valence-electron chi connectivity index (χ4n) is 2.96. The minimum atomic E-state index is -0.310. The van der Waals surface area contributed by atoms with Crippen LogP contribution in [0.2, 0.25) is 0 Å². The van der Waals surface area contributed by atoms with E-state index in [2.05, 4.69) is 28.5 Å². The molecule has 0 aliphatic rings. The van der Waals surface area contributed by atoms with Crippen LogP contribution in [0.4, 0.5) is 5.69 Å². The van der Waals surface area contributed by atoms with Gasteiger partial charge in [-0.15, -0.1) is 10.2 Å². The molecule has 0 aliphatic carbocycles. The van der Waals surface area contributed by atoms with E-state index >= 15 is 0 Å². The summed E-state index contributed by atoms with van der Waals surface area (Å²) in [6, 6.07) is 14.1. The van der Waals surface area contributed by atoms with Crippen molar-refractivity contribution in [3.63, 3.8) is 0 Å². The highest BCUT2D eigenvalue weighted by molar-refractivity contribution is 8.00. The summed E-state index contributed by atoms with van der Waals surface area (Å²) in [4.78, 5) is 12.8. The van der Waals surface area contributed by atoms with Crippen LogP contribution in [0.5, 0.6) is 0 Å². The zero-order valence-corrected chi connectivity index (χ0v) is 17.1. The number of nitrogens with zero attached hydrogens (tertiary/aromatic N) is 3. The fraction of sp³-hybridized carbons (Fsp3) is 0.286. The number of thioether (sulfide) groups is 1. The molecule has 1 atom stereocenters. The smallest absolute Gasteiger partial charge is 0.237 e. The van der Waals surface area contributed by atoms with E-state index in [1.54, 1.807) is 0 Å². The van der Waals surface area contributed by atoms with Gasteiger partial charge < -0.3 is 5.32 Å². The summed E-state index contributed by atoms with van der Waals surface area (Å²) in [5.41, 5.74) is 5.16. The maximum absolute atomic E-state index is 12.8. The predicted octanol–water partition coefficient (Wildman–Crippen LogP) is 4.62. The van der Waals surface area contributed by atoms with Crippen LogP contribution in [0, 0.1) is 27.7 Å². The molecule has 0 bridgehead atoms. The van der Waals surface area contributed by atoms with Gasteiger partial charge in [0.2, 0.25) is 5.91 Å². The zero-order valence-electron chi connectivity index (χ0n) is 16.3. The number of carbonyl (C=O) groups excluding carboxylic acids is 1. The number of carbonyl (C=O) groups is 1. The number of hydrogen-bond acceptors (Lipinski definition) is 4. The molecular formula is C21H24N4OS. The number of aryl methyl sites for hydroxylation is 4. The number of amides is 1. The molecule has 1 amide bonds. The van der Waals surface area contributed by atoms with Crippen molar-refractivity contribution in [2.75, 3.05) is 5.32 Å². The number of benzene rings is 2. The number of anilines is 1. The Labute approximate surface area is 164 Å². The molecule has 0 saturated carbocycles. The lowest BCUT2D eigenvalue weighted by atomic mass is 10.1. The third kappa shape index (κ3) is 4.06. The van der Waals surface area contributed by atoms with E-state index in [0.29, 0.717) is 5.16 Å². The van der Waals surface area contributed by atoms with Crippen molar-refractivity contribution >= 4 is 23.4 Å². The van der Waals surface area contributed by atoms with Gasteiger partial charge >= 0.3 is 0 Å². The Kier molecular flexibility index (Phi) is 5.65. The molecule has 0 fully saturated rings. The molecule has 0 spiro atoms. The average molecular weight is 381 g/mol. The van der Waals surface area contributed by atoms with Gasteiger partial charge in [-0.2, -0.15) is 0 Å². The molecule has 0 aliphatic heterocycles. The summed E-state index contributed by atoms with van der Waals surface area (Å²) < 4.78 is 2.00. The SMILES string of the molecule is Cc1ccccc1-n1c(C)nnc1SC(C)C(=O)Nc1c(C)cccc1C. The number of aromatic nitrogens is 3. The monoisotopic (exact) mass is 380 g/mol. The second kappa shape index (κ2) is 7.96. The maximum atomic E-state index is 12.8. The maximum Gasteiger partial charge on any atom is 0.237 e. The van der Waals surface area contributed by atoms with Crippen LogP contribution in [0.3, 0.4) is 0 Å². The van der Waals surface area contributed by atoms with Crippen LogP contribution in [-0.2, 0) is 4.79 Å². The molecule has 5 nitrogen and oxygen atoms in total. The first-order chi connectivity index (χ1) is 12.9. The minimum absolute atomic E-state index is 0.0469. The summed E-state index contributed by atoms with van der Waals surface area (Å²) in [7, 11) is 0. The standard InChI is InChI=1S/C21H24N4OS/c1-13-9-6-7-12-18(13)25-17(5)23-24-21(25)27-16(4)20(26)22-19-14(2)10-8-11-15(19)3/h6-12,16H,1-5H3,(H,22,26). The fourth-order valence-corrected chi connectivity index (χ4v) is 3.87. The third-order valence-electron chi connectivity index (χ3n) is 4.53. The lowest BCUT2D eigenvalue weighted by molar-refractivity contribution is -0.115. The van der Waals surface area contributed by atoms with Gasteiger partial charge in [-0.05, 0) is 57.4 Å².